The van der Waals surface area contributed by atoms with Crippen LogP contribution in [0.15, 0.2) is 0 Å². The Morgan fingerprint density at radius 3 is 2.78 bits per heavy atom. The van der Waals surface area contributed by atoms with Gasteiger partial charge in [-0.15, -0.1) is 0 Å². The van der Waals surface area contributed by atoms with Crippen molar-refractivity contribution in [2.24, 2.45) is 0 Å². The van der Waals surface area contributed by atoms with E-state index in [-0.39, 0.29) is 12.7 Å². The van der Waals surface area contributed by atoms with Gasteiger partial charge >= 0.3 is 0 Å². The second-order valence-corrected chi connectivity index (χ2v) is 4.46. The maximum atomic E-state index is 9.83. The Hall–Kier alpha value is -0.240. The van der Waals surface area contributed by atoms with Gasteiger partial charge < -0.3 is 25.0 Å². The summed E-state index contributed by atoms with van der Waals surface area (Å²) >= 11 is 0. The summed E-state index contributed by atoms with van der Waals surface area (Å²) < 4.78 is 10.4. The predicted molar refractivity (Wildman–Crippen MR) is 68.7 cm³/mol. The molecule has 18 heavy (non-hydrogen) atoms. The molecular formula is C12H26N2O4. The highest BCUT2D eigenvalue weighted by Crippen LogP contribution is 1.98. The standard InChI is InChI=1S/C12H26N2O4/c15-5-9-17-6-1-2-13-10-12(16)11-14-3-7-18-8-4-14/h12-13,15-16H,1-11H2. The van der Waals surface area contributed by atoms with E-state index in [4.69, 9.17) is 14.6 Å². The zero-order chi connectivity index (χ0) is 13.1. The zero-order valence-corrected chi connectivity index (χ0v) is 11.0. The van der Waals surface area contributed by atoms with Gasteiger partial charge in [0.2, 0.25) is 0 Å². The number of hydrogen-bond donors (Lipinski definition) is 3. The van der Waals surface area contributed by atoms with E-state index in [1.165, 1.54) is 0 Å². The van der Waals surface area contributed by atoms with Crippen LogP contribution in [0.25, 0.3) is 0 Å². The van der Waals surface area contributed by atoms with Crippen molar-refractivity contribution < 1.29 is 19.7 Å². The fourth-order valence-electron chi connectivity index (χ4n) is 1.88. The average molecular weight is 262 g/mol. The second-order valence-electron chi connectivity index (χ2n) is 4.46. The maximum Gasteiger partial charge on any atom is 0.0791 e. The van der Waals surface area contributed by atoms with E-state index in [9.17, 15) is 5.11 Å². The molecule has 0 bridgehead atoms. The molecule has 1 aliphatic rings. The predicted octanol–water partition coefficient (Wildman–Crippen LogP) is -1.33. The van der Waals surface area contributed by atoms with E-state index >= 15 is 0 Å². The second kappa shape index (κ2) is 10.7. The van der Waals surface area contributed by atoms with Crippen molar-refractivity contribution >= 4 is 0 Å². The smallest absolute Gasteiger partial charge is 0.0791 e. The van der Waals surface area contributed by atoms with Gasteiger partial charge in [0, 0.05) is 32.8 Å². The van der Waals surface area contributed by atoms with Crippen LogP contribution in [0.2, 0.25) is 0 Å². The SMILES string of the molecule is OCCOCCCNCC(O)CN1CCOCC1. The topological polar surface area (TPSA) is 74.2 Å². The molecule has 1 aliphatic heterocycles. The van der Waals surface area contributed by atoms with E-state index in [1.54, 1.807) is 0 Å². The van der Waals surface area contributed by atoms with Crippen LogP contribution in [-0.4, -0.2) is 87.0 Å². The molecule has 1 saturated heterocycles. The van der Waals surface area contributed by atoms with Gasteiger partial charge in [-0.1, -0.05) is 0 Å². The van der Waals surface area contributed by atoms with Crippen LogP contribution in [0.3, 0.4) is 0 Å². The van der Waals surface area contributed by atoms with Crippen LogP contribution in [0, 0.1) is 0 Å². The van der Waals surface area contributed by atoms with Crippen LogP contribution in [0.4, 0.5) is 0 Å². The molecule has 0 aromatic carbocycles. The fourth-order valence-corrected chi connectivity index (χ4v) is 1.88. The Bertz CT molecular complexity index is 189. The Kier molecular flexibility index (Phi) is 9.37. The number of rotatable bonds is 10. The molecule has 0 saturated carbocycles. The van der Waals surface area contributed by atoms with Gasteiger partial charge in [-0.2, -0.15) is 0 Å². The van der Waals surface area contributed by atoms with Gasteiger partial charge in [0.25, 0.3) is 0 Å². The molecular weight excluding hydrogens is 236 g/mol. The monoisotopic (exact) mass is 262 g/mol. The third-order valence-corrected chi connectivity index (χ3v) is 2.83. The third-order valence-electron chi connectivity index (χ3n) is 2.83. The highest BCUT2D eigenvalue weighted by Gasteiger charge is 2.14. The first-order valence-electron chi connectivity index (χ1n) is 6.70. The van der Waals surface area contributed by atoms with Gasteiger partial charge in [-0.05, 0) is 13.0 Å². The lowest BCUT2D eigenvalue weighted by atomic mass is 10.3. The molecule has 0 spiro atoms. The molecule has 0 radical (unpaired) electrons. The summed E-state index contributed by atoms with van der Waals surface area (Å²) in [7, 11) is 0. The maximum absolute atomic E-state index is 9.83. The average Bonchev–Trinajstić information content (AvgIpc) is 2.39. The van der Waals surface area contributed by atoms with E-state index in [0.29, 0.717) is 26.3 Å². The van der Waals surface area contributed by atoms with Crippen molar-refractivity contribution in [3.63, 3.8) is 0 Å². The number of nitrogens with one attached hydrogen (secondary N) is 1. The van der Waals surface area contributed by atoms with Crippen molar-refractivity contribution in [1.29, 1.82) is 0 Å². The van der Waals surface area contributed by atoms with Crippen molar-refractivity contribution in [2.45, 2.75) is 12.5 Å². The highest BCUT2D eigenvalue weighted by atomic mass is 16.5. The minimum atomic E-state index is -0.332. The number of β-amino-alcohol motifs (C(OH)–C–C–N with tert-alkyl or cyclic N) is 1. The van der Waals surface area contributed by atoms with Crippen molar-refractivity contribution in [3.05, 3.63) is 0 Å². The number of ether oxygens (including phenoxy) is 2. The van der Waals surface area contributed by atoms with Gasteiger partial charge in [-0.3, -0.25) is 4.90 Å². The molecule has 1 atom stereocenters. The molecule has 1 rings (SSSR count). The van der Waals surface area contributed by atoms with E-state index in [2.05, 4.69) is 10.2 Å². The van der Waals surface area contributed by atoms with E-state index in [0.717, 1.165) is 39.3 Å². The molecule has 6 nitrogen and oxygen atoms in total. The third kappa shape index (κ3) is 7.97. The number of aliphatic hydroxyl groups excluding tert-OH is 2. The first-order valence-corrected chi connectivity index (χ1v) is 6.70. The Morgan fingerprint density at radius 2 is 2.06 bits per heavy atom. The Labute approximate surface area is 109 Å². The molecule has 1 unspecified atom stereocenters. The summed E-state index contributed by atoms with van der Waals surface area (Å²) in [5, 5.41) is 21.5. The molecule has 0 aromatic rings. The summed E-state index contributed by atoms with van der Waals surface area (Å²) in [6.45, 7) is 6.61. The molecule has 108 valence electrons. The van der Waals surface area contributed by atoms with Crippen LogP contribution >= 0.6 is 0 Å². The van der Waals surface area contributed by atoms with Gasteiger partial charge in [0.15, 0.2) is 0 Å². The normalized spacial score (nSPS) is 19.0. The van der Waals surface area contributed by atoms with E-state index in [1.807, 2.05) is 0 Å². The van der Waals surface area contributed by atoms with Crippen molar-refractivity contribution in [1.82, 2.24) is 10.2 Å². The van der Waals surface area contributed by atoms with Gasteiger partial charge in [-0.25, -0.2) is 0 Å². The summed E-state index contributed by atoms with van der Waals surface area (Å²) in [4.78, 5) is 2.22. The Balaban J connectivity index is 1.88. The largest absolute Gasteiger partial charge is 0.394 e. The van der Waals surface area contributed by atoms with Crippen LogP contribution in [-0.2, 0) is 9.47 Å². The lowest BCUT2D eigenvalue weighted by molar-refractivity contribution is 0.0148. The fraction of sp³-hybridized carbons (Fsp3) is 1.00. The molecule has 1 fully saturated rings. The number of hydrogen-bond acceptors (Lipinski definition) is 6. The summed E-state index contributed by atoms with van der Waals surface area (Å²) in [6.07, 6.45) is 0.561. The quantitative estimate of drug-likeness (QED) is 0.424. The molecule has 1 heterocycles. The molecule has 3 N–H and O–H groups in total. The minimum absolute atomic E-state index is 0.0751. The van der Waals surface area contributed by atoms with Crippen LogP contribution in [0.1, 0.15) is 6.42 Å². The zero-order valence-electron chi connectivity index (χ0n) is 11.0. The highest BCUT2D eigenvalue weighted by molar-refractivity contribution is 4.69. The molecule has 0 aromatic heterocycles. The first kappa shape index (κ1) is 15.8. The summed E-state index contributed by atoms with van der Waals surface area (Å²) in [6, 6.07) is 0. The summed E-state index contributed by atoms with van der Waals surface area (Å²) in [5.74, 6) is 0. The van der Waals surface area contributed by atoms with Gasteiger partial charge in [0.05, 0.1) is 32.5 Å². The van der Waals surface area contributed by atoms with E-state index < -0.39 is 0 Å². The number of aliphatic hydroxyl groups is 2. The molecule has 0 aliphatic carbocycles. The lowest BCUT2D eigenvalue weighted by Gasteiger charge is -2.28. The minimum Gasteiger partial charge on any atom is -0.394 e. The summed E-state index contributed by atoms with van der Waals surface area (Å²) in [5.41, 5.74) is 0. The number of morpholine rings is 1. The lowest BCUT2D eigenvalue weighted by Crippen LogP contribution is -2.43. The Morgan fingerprint density at radius 1 is 1.28 bits per heavy atom. The van der Waals surface area contributed by atoms with Crippen LogP contribution in [0.5, 0.6) is 0 Å². The first-order chi connectivity index (χ1) is 8.83. The molecule has 0 amide bonds. The van der Waals surface area contributed by atoms with Crippen LogP contribution < -0.4 is 5.32 Å². The number of nitrogens with zero attached hydrogens (tertiary/aromatic N) is 1. The van der Waals surface area contributed by atoms with Gasteiger partial charge in [0.1, 0.15) is 0 Å². The van der Waals surface area contributed by atoms with Crippen molar-refractivity contribution in [2.75, 3.05) is 65.8 Å². The van der Waals surface area contributed by atoms with Crippen molar-refractivity contribution in [3.8, 4) is 0 Å². The molecule has 6 heteroatoms.